The van der Waals surface area contributed by atoms with Crippen LogP contribution in [0.1, 0.15) is 116 Å². The molecule has 0 saturated carbocycles. The molecule has 0 aliphatic carbocycles. The van der Waals surface area contributed by atoms with Crippen molar-refractivity contribution >= 4 is 32.9 Å². The number of rotatable bonds is 22. The fraction of sp³-hybridized carbons (Fsp3) is 0.909. The predicted octanol–water partition coefficient (Wildman–Crippen LogP) is -1.94. The van der Waals surface area contributed by atoms with Crippen molar-refractivity contribution in [2.24, 2.45) is 0 Å². The van der Waals surface area contributed by atoms with Crippen LogP contribution >= 0.6 is 0 Å². The third-order valence-electron chi connectivity index (χ3n) is 4.84. The summed E-state index contributed by atoms with van der Waals surface area (Å²) in [7, 11) is 0. The second-order valence-corrected chi connectivity index (χ2v) is 11.0. The zero-order chi connectivity index (χ0) is 20.0. The summed E-state index contributed by atoms with van der Waals surface area (Å²) in [4.78, 5) is 20.6. The number of carbonyl (C=O) groups excluding carboxylic acids is 2. The van der Waals surface area contributed by atoms with Crippen molar-refractivity contribution in [1.29, 1.82) is 0 Å². The number of hydrogen-bond acceptors (Lipinski definition) is 4. The van der Waals surface area contributed by atoms with E-state index in [1.807, 2.05) is 0 Å². The Balaban J connectivity index is -0.00000338. The molecule has 0 heterocycles. The van der Waals surface area contributed by atoms with Crippen LogP contribution in [-0.2, 0) is 9.59 Å². The van der Waals surface area contributed by atoms with Gasteiger partial charge in [-0.3, -0.25) is 0 Å². The Morgan fingerprint density at radius 1 is 0.448 bits per heavy atom. The Morgan fingerprint density at radius 2 is 0.690 bits per heavy atom. The van der Waals surface area contributed by atoms with Gasteiger partial charge in [0.15, 0.2) is 0 Å². The molecule has 0 bridgehead atoms. The van der Waals surface area contributed by atoms with Crippen LogP contribution in [-0.4, -0.2) is 32.9 Å². The molecule has 7 heteroatoms. The summed E-state index contributed by atoms with van der Waals surface area (Å²) in [5, 5.41) is 20.6. The van der Waals surface area contributed by atoms with Gasteiger partial charge in [-0.2, -0.15) is 0 Å². The van der Waals surface area contributed by atoms with Crippen LogP contribution in [0.3, 0.4) is 0 Å². The molecular weight excluding hydrogens is 502 g/mol. The zero-order valence-corrected chi connectivity index (χ0v) is 25.5. The molecule has 0 fully saturated rings. The third kappa shape index (κ3) is 34.5. The Kier molecular flexibility index (Phi) is 36.2. The maximum absolute atomic E-state index is 10.3. The van der Waals surface area contributed by atoms with Crippen molar-refractivity contribution < 1.29 is 78.9 Å². The van der Waals surface area contributed by atoms with Gasteiger partial charge in [-0.15, -0.1) is 0 Å². The summed E-state index contributed by atoms with van der Waals surface area (Å²) in [5.41, 5.74) is 0. The van der Waals surface area contributed by atoms with E-state index in [1.54, 1.807) is 0 Å². The summed E-state index contributed by atoms with van der Waals surface area (Å²) in [6, 6.07) is 0. The van der Waals surface area contributed by atoms with E-state index in [4.69, 9.17) is 0 Å². The minimum atomic E-state index is -0.915. The smallest absolute Gasteiger partial charge is 1.00 e. The molecule has 0 atom stereocenters. The number of aliphatic carboxylic acids is 2. The van der Waals surface area contributed by atoms with Gasteiger partial charge < -0.3 is 0 Å². The molecule has 0 aromatic heterocycles. The molecular formula is C22H40Na2O4Te. The first-order chi connectivity index (χ1) is 13.1. The van der Waals surface area contributed by atoms with E-state index in [0.717, 1.165) is 25.7 Å². The summed E-state index contributed by atoms with van der Waals surface area (Å²) in [5.74, 6) is -1.83. The number of carboxylic acid groups (broad SMARTS) is 2. The predicted molar refractivity (Wildman–Crippen MR) is 108 cm³/mol. The van der Waals surface area contributed by atoms with Gasteiger partial charge in [0, 0.05) is 0 Å². The summed E-state index contributed by atoms with van der Waals surface area (Å²) < 4.78 is 2.99. The average molecular weight is 542 g/mol. The molecule has 0 saturated heterocycles. The van der Waals surface area contributed by atoms with Gasteiger partial charge in [-0.05, 0) is 0 Å². The molecule has 0 aromatic rings. The van der Waals surface area contributed by atoms with Crippen LogP contribution in [0.25, 0.3) is 0 Å². The molecule has 160 valence electrons. The molecule has 0 aliphatic heterocycles. The van der Waals surface area contributed by atoms with Crippen LogP contribution in [0, 0.1) is 0 Å². The first-order valence-corrected chi connectivity index (χ1v) is 14.4. The van der Waals surface area contributed by atoms with Gasteiger partial charge in [0.25, 0.3) is 0 Å². The van der Waals surface area contributed by atoms with E-state index in [0.29, 0.717) is 0 Å². The van der Waals surface area contributed by atoms with E-state index >= 15 is 0 Å². The van der Waals surface area contributed by atoms with Gasteiger partial charge in [0.1, 0.15) is 0 Å². The van der Waals surface area contributed by atoms with Gasteiger partial charge in [0.2, 0.25) is 0 Å². The molecule has 0 aromatic carbocycles. The Labute approximate surface area is 233 Å². The molecule has 0 amide bonds. The Morgan fingerprint density at radius 3 is 0.966 bits per heavy atom. The molecule has 0 radical (unpaired) electrons. The van der Waals surface area contributed by atoms with Crippen LogP contribution in [0.5, 0.6) is 0 Å². The number of hydrogen-bond donors (Lipinski definition) is 0. The van der Waals surface area contributed by atoms with Gasteiger partial charge in [-0.1, -0.05) is 0 Å². The number of carbonyl (C=O) groups is 2. The van der Waals surface area contributed by atoms with Crippen molar-refractivity contribution in [1.82, 2.24) is 0 Å². The standard InChI is InChI=1S/C22H42O4Te.2Na/c23-21(24)17-13-9-5-1-3-7-11-15-19-27-20-16-12-8-4-2-6-10-14-18-22(25)26;;/h1-20H2,(H,23,24)(H,25,26);;/q;2*+1/p-2. The fourth-order valence-corrected chi connectivity index (χ4v) is 6.08. The Hall–Kier alpha value is 1.73. The quantitative estimate of drug-likeness (QED) is 0.118. The topological polar surface area (TPSA) is 80.3 Å². The average Bonchev–Trinajstić information content (AvgIpc) is 2.62. The second-order valence-electron chi connectivity index (χ2n) is 7.51. The van der Waals surface area contributed by atoms with Crippen LogP contribution in [0.15, 0.2) is 0 Å². The van der Waals surface area contributed by atoms with Crippen LogP contribution in [0.2, 0.25) is 8.94 Å². The van der Waals surface area contributed by atoms with Crippen LogP contribution < -0.4 is 69.3 Å². The first-order valence-electron chi connectivity index (χ1n) is 11.1. The van der Waals surface area contributed by atoms with Crippen molar-refractivity contribution in [2.45, 2.75) is 125 Å². The number of carboxylic acids is 2. The van der Waals surface area contributed by atoms with Gasteiger partial charge in [0.05, 0.1) is 0 Å². The summed E-state index contributed by atoms with van der Waals surface area (Å²) in [6.07, 6.45) is 19.8. The summed E-state index contributed by atoms with van der Waals surface area (Å²) >= 11 is 0.248. The van der Waals surface area contributed by atoms with E-state index in [2.05, 4.69) is 0 Å². The first kappa shape index (κ1) is 35.3. The molecule has 29 heavy (non-hydrogen) atoms. The fourth-order valence-electron chi connectivity index (χ4n) is 3.17. The minimum absolute atomic E-state index is 0. The monoisotopic (exact) mass is 544 g/mol. The Bertz CT molecular complexity index is 326. The SMILES string of the molecule is O=C([O-])CCCCCCCCCC[Te]CCCCCCCCCCC(=O)[O-].[Na+].[Na+]. The van der Waals surface area contributed by atoms with Gasteiger partial charge >= 0.3 is 236 Å². The normalized spacial score (nSPS) is 10.2. The molecule has 0 unspecified atom stereocenters. The van der Waals surface area contributed by atoms with Crippen molar-refractivity contribution in [3.8, 4) is 0 Å². The van der Waals surface area contributed by atoms with Crippen LogP contribution in [0.4, 0.5) is 0 Å². The van der Waals surface area contributed by atoms with E-state index < -0.39 is 11.9 Å². The molecule has 0 N–H and O–H groups in total. The molecule has 0 rings (SSSR count). The van der Waals surface area contributed by atoms with Crippen molar-refractivity contribution in [3.63, 3.8) is 0 Å². The second kappa shape index (κ2) is 29.7. The zero-order valence-electron chi connectivity index (χ0n) is 19.2. The molecule has 4 nitrogen and oxygen atoms in total. The van der Waals surface area contributed by atoms with E-state index in [-0.39, 0.29) is 92.9 Å². The molecule has 0 aliphatic rings. The third-order valence-corrected chi connectivity index (χ3v) is 8.13. The minimum Gasteiger partial charge on any atom is 1.00 e. The molecule has 0 spiro atoms. The number of unbranched alkanes of at least 4 members (excludes halogenated alkanes) is 14. The maximum atomic E-state index is 10.3. The van der Waals surface area contributed by atoms with Crippen molar-refractivity contribution in [2.75, 3.05) is 0 Å². The van der Waals surface area contributed by atoms with E-state index in [9.17, 15) is 19.8 Å². The van der Waals surface area contributed by atoms with E-state index in [1.165, 1.54) is 86.0 Å². The van der Waals surface area contributed by atoms with Gasteiger partial charge in [-0.25, -0.2) is 0 Å². The van der Waals surface area contributed by atoms with Crippen molar-refractivity contribution in [3.05, 3.63) is 0 Å². The summed E-state index contributed by atoms with van der Waals surface area (Å²) in [6.45, 7) is 0.